The van der Waals surface area contributed by atoms with Gasteiger partial charge in [-0.05, 0) is 18.2 Å². The molecule has 0 atom stereocenters. The van der Waals surface area contributed by atoms with Crippen molar-refractivity contribution >= 4 is 16.7 Å². The molecule has 3 rings (SSSR count). The van der Waals surface area contributed by atoms with Crippen molar-refractivity contribution in [2.75, 3.05) is 12.8 Å². The van der Waals surface area contributed by atoms with Crippen LogP contribution in [0.4, 0.5) is 10.2 Å². The Morgan fingerprint density at radius 3 is 2.80 bits per heavy atom. The first-order chi connectivity index (χ1) is 9.70. The molecule has 0 unspecified atom stereocenters. The second kappa shape index (κ2) is 4.85. The minimum Gasteiger partial charge on any atom is -0.494 e. The van der Waals surface area contributed by atoms with E-state index in [9.17, 15) is 4.39 Å². The normalized spacial score (nSPS) is 10.9. The highest BCUT2D eigenvalue weighted by molar-refractivity contribution is 5.89. The zero-order valence-electron chi connectivity index (χ0n) is 11.0. The molecule has 2 N–H and O–H groups in total. The van der Waals surface area contributed by atoms with Crippen LogP contribution >= 0.6 is 0 Å². The summed E-state index contributed by atoms with van der Waals surface area (Å²) in [5, 5.41) is 5.14. The van der Waals surface area contributed by atoms with Crippen LogP contribution < -0.4 is 10.5 Å². The molecule has 20 heavy (non-hydrogen) atoms. The molecule has 1 heterocycles. The van der Waals surface area contributed by atoms with Gasteiger partial charge in [0.05, 0.1) is 19.2 Å². The second-order valence-electron chi connectivity index (χ2n) is 4.49. The largest absolute Gasteiger partial charge is 0.494 e. The number of anilines is 1. The number of nitrogens with two attached hydrogens (primary N) is 1. The molecule has 3 aromatic rings. The molecule has 5 heteroatoms. The number of methoxy groups -OCH3 is 1. The molecule has 2 aromatic carbocycles. The Hall–Kier alpha value is -2.56. The summed E-state index contributed by atoms with van der Waals surface area (Å²) in [6, 6.07) is 12.7. The van der Waals surface area contributed by atoms with E-state index in [-0.39, 0.29) is 11.6 Å². The third-order valence-electron chi connectivity index (χ3n) is 3.27. The van der Waals surface area contributed by atoms with E-state index in [2.05, 4.69) is 5.10 Å². The number of hydrogen-bond donors (Lipinski definition) is 1. The molecule has 4 nitrogen and oxygen atoms in total. The topological polar surface area (TPSA) is 53.1 Å². The highest BCUT2D eigenvalue weighted by Gasteiger charge is 2.12. The Labute approximate surface area is 115 Å². The molecule has 0 amide bonds. The lowest BCUT2D eigenvalue weighted by Crippen LogP contribution is -2.05. The molecular formula is C15H14FN3O. The fourth-order valence-electron chi connectivity index (χ4n) is 2.27. The van der Waals surface area contributed by atoms with Crippen LogP contribution in [0.15, 0.2) is 42.5 Å². The van der Waals surface area contributed by atoms with Crippen molar-refractivity contribution in [1.82, 2.24) is 9.78 Å². The molecule has 0 radical (unpaired) electrons. The number of para-hydroxylation sites is 1. The molecule has 0 aliphatic carbocycles. The van der Waals surface area contributed by atoms with Crippen molar-refractivity contribution < 1.29 is 9.13 Å². The number of nitrogens with zero attached hydrogens (tertiary/aromatic N) is 2. The summed E-state index contributed by atoms with van der Waals surface area (Å²) in [6.07, 6.45) is 0. The molecule has 0 aliphatic rings. The fraction of sp³-hybridized carbons (Fsp3) is 0.133. The van der Waals surface area contributed by atoms with Crippen LogP contribution in [-0.2, 0) is 6.54 Å². The van der Waals surface area contributed by atoms with Gasteiger partial charge in [0, 0.05) is 10.9 Å². The molecule has 0 spiro atoms. The van der Waals surface area contributed by atoms with Crippen LogP contribution in [0.3, 0.4) is 0 Å². The smallest absolute Gasteiger partial charge is 0.170 e. The van der Waals surface area contributed by atoms with Gasteiger partial charge in [-0.3, -0.25) is 4.68 Å². The summed E-state index contributed by atoms with van der Waals surface area (Å²) in [5.74, 6) is 0.309. The molecule has 1 aromatic heterocycles. The first-order valence-electron chi connectivity index (χ1n) is 6.23. The Kier molecular flexibility index (Phi) is 3.02. The summed E-state index contributed by atoms with van der Waals surface area (Å²) in [7, 11) is 1.45. The quantitative estimate of drug-likeness (QED) is 0.797. The molecule has 102 valence electrons. The van der Waals surface area contributed by atoms with Crippen molar-refractivity contribution in [3.63, 3.8) is 0 Å². The molecule has 0 saturated carbocycles. The van der Waals surface area contributed by atoms with Crippen molar-refractivity contribution in [2.24, 2.45) is 0 Å². The van der Waals surface area contributed by atoms with Crippen LogP contribution in [0.5, 0.6) is 5.75 Å². The van der Waals surface area contributed by atoms with E-state index in [1.807, 2.05) is 24.3 Å². The van der Waals surface area contributed by atoms with Crippen molar-refractivity contribution in [1.29, 1.82) is 0 Å². The minimum atomic E-state index is -0.367. The SMILES string of the molecule is COc1cccc(Cn2nc(N)c3ccccc32)c1F. The lowest BCUT2D eigenvalue weighted by molar-refractivity contribution is 0.383. The van der Waals surface area contributed by atoms with Crippen LogP contribution in [0.2, 0.25) is 0 Å². The maximum absolute atomic E-state index is 14.2. The highest BCUT2D eigenvalue weighted by Crippen LogP contribution is 2.24. The number of aromatic nitrogens is 2. The van der Waals surface area contributed by atoms with Gasteiger partial charge in [-0.2, -0.15) is 5.10 Å². The lowest BCUT2D eigenvalue weighted by atomic mass is 10.2. The Morgan fingerprint density at radius 2 is 2.00 bits per heavy atom. The van der Waals surface area contributed by atoms with Gasteiger partial charge in [0.2, 0.25) is 0 Å². The molecule has 0 fully saturated rings. The van der Waals surface area contributed by atoms with Crippen LogP contribution in [0.25, 0.3) is 10.9 Å². The monoisotopic (exact) mass is 271 g/mol. The molecule has 0 bridgehead atoms. The van der Waals surface area contributed by atoms with E-state index < -0.39 is 0 Å². The number of fused-ring (bicyclic) bond motifs is 1. The van der Waals surface area contributed by atoms with Gasteiger partial charge in [-0.15, -0.1) is 0 Å². The summed E-state index contributed by atoms with van der Waals surface area (Å²) in [6.45, 7) is 0.306. The number of benzene rings is 2. The third kappa shape index (κ3) is 1.97. The minimum absolute atomic E-state index is 0.229. The van der Waals surface area contributed by atoms with Crippen LogP contribution in [-0.4, -0.2) is 16.9 Å². The maximum atomic E-state index is 14.2. The fourth-order valence-corrected chi connectivity index (χ4v) is 2.27. The van der Waals surface area contributed by atoms with Gasteiger partial charge in [0.1, 0.15) is 0 Å². The van der Waals surface area contributed by atoms with E-state index in [4.69, 9.17) is 10.5 Å². The average molecular weight is 271 g/mol. The Morgan fingerprint density at radius 1 is 1.20 bits per heavy atom. The highest BCUT2D eigenvalue weighted by atomic mass is 19.1. The first kappa shape index (κ1) is 12.5. The molecule has 0 aliphatic heterocycles. The predicted molar refractivity (Wildman–Crippen MR) is 76.2 cm³/mol. The third-order valence-corrected chi connectivity index (χ3v) is 3.27. The molecule has 0 saturated heterocycles. The van der Waals surface area contributed by atoms with Crippen LogP contribution in [0, 0.1) is 5.82 Å². The summed E-state index contributed by atoms with van der Waals surface area (Å²) in [4.78, 5) is 0. The lowest BCUT2D eigenvalue weighted by Gasteiger charge is -2.08. The first-order valence-corrected chi connectivity index (χ1v) is 6.23. The van der Waals surface area contributed by atoms with Crippen LogP contribution in [0.1, 0.15) is 5.56 Å². The van der Waals surface area contributed by atoms with Crippen molar-refractivity contribution in [3.8, 4) is 5.75 Å². The van der Waals surface area contributed by atoms with Gasteiger partial charge >= 0.3 is 0 Å². The van der Waals surface area contributed by atoms with Gasteiger partial charge in [0.15, 0.2) is 17.4 Å². The van der Waals surface area contributed by atoms with E-state index in [0.29, 0.717) is 17.9 Å². The van der Waals surface area contributed by atoms with Gasteiger partial charge < -0.3 is 10.5 Å². The predicted octanol–water partition coefficient (Wildman–Crippen LogP) is 2.81. The van der Waals surface area contributed by atoms with E-state index in [1.165, 1.54) is 7.11 Å². The van der Waals surface area contributed by atoms with E-state index in [0.717, 1.165) is 10.9 Å². The van der Waals surface area contributed by atoms with Gasteiger partial charge in [-0.1, -0.05) is 24.3 Å². The van der Waals surface area contributed by atoms with Crippen molar-refractivity contribution in [3.05, 3.63) is 53.8 Å². The average Bonchev–Trinajstić information content (AvgIpc) is 2.78. The number of nitrogen functional groups attached to an aromatic ring is 1. The Balaban J connectivity index is 2.06. The second-order valence-corrected chi connectivity index (χ2v) is 4.49. The van der Waals surface area contributed by atoms with E-state index >= 15 is 0 Å². The summed E-state index contributed by atoms with van der Waals surface area (Å²) >= 11 is 0. The van der Waals surface area contributed by atoms with E-state index in [1.54, 1.807) is 22.9 Å². The molecular weight excluding hydrogens is 257 g/mol. The van der Waals surface area contributed by atoms with Crippen molar-refractivity contribution in [2.45, 2.75) is 6.54 Å². The summed E-state index contributed by atoms with van der Waals surface area (Å²) in [5.41, 5.74) is 7.27. The summed E-state index contributed by atoms with van der Waals surface area (Å²) < 4.78 is 20.9. The number of halogens is 1. The van der Waals surface area contributed by atoms with Gasteiger partial charge in [0.25, 0.3) is 0 Å². The zero-order chi connectivity index (χ0) is 14.1. The standard InChI is InChI=1S/C15H14FN3O/c1-20-13-8-4-5-10(14(13)16)9-19-12-7-3-2-6-11(12)15(17)18-19/h2-8H,9H2,1H3,(H2,17,18). The zero-order valence-corrected chi connectivity index (χ0v) is 11.0. The number of rotatable bonds is 3. The Bertz CT molecular complexity index is 767. The maximum Gasteiger partial charge on any atom is 0.170 e. The number of ether oxygens (including phenoxy) is 1. The number of hydrogen-bond acceptors (Lipinski definition) is 3. The van der Waals surface area contributed by atoms with Gasteiger partial charge in [-0.25, -0.2) is 4.39 Å².